The first-order valence-electron chi connectivity index (χ1n) is 5.56. The summed E-state index contributed by atoms with van der Waals surface area (Å²) < 4.78 is 0. The Balaban J connectivity index is 2.15. The minimum Gasteiger partial charge on any atom is -0.481 e. The zero-order valence-corrected chi connectivity index (χ0v) is 10.8. The molecule has 0 aliphatic heterocycles. The first-order chi connectivity index (χ1) is 8.65. The predicted octanol–water partition coefficient (Wildman–Crippen LogP) is 3.25. The summed E-state index contributed by atoms with van der Waals surface area (Å²) in [6, 6.07) is 9.94. The minimum absolute atomic E-state index is 0.0124. The van der Waals surface area contributed by atoms with Crippen molar-refractivity contribution >= 4 is 29.5 Å². The number of benzene rings is 1. The normalized spacial score (nSPS) is 10.9. The first-order valence-corrected chi connectivity index (χ1v) is 6.38. The van der Waals surface area contributed by atoms with Gasteiger partial charge in [-0.05, 0) is 18.6 Å². The lowest BCUT2D eigenvalue weighted by Crippen LogP contribution is -2.01. The summed E-state index contributed by atoms with van der Waals surface area (Å²) in [7, 11) is 0. The largest absolute Gasteiger partial charge is 0.481 e. The molecule has 0 atom stereocenters. The number of aryl methyl sites for hydroxylation is 1. The van der Waals surface area contributed by atoms with Gasteiger partial charge in [0, 0.05) is 4.88 Å². The van der Waals surface area contributed by atoms with E-state index in [9.17, 15) is 4.79 Å². The number of thiazole rings is 1. The van der Waals surface area contributed by atoms with E-state index >= 15 is 0 Å². The second-order valence-corrected chi connectivity index (χ2v) is 5.10. The Labute approximate surface area is 109 Å². The molecule has 0 aliphatic carbocycles. The van der Waals surface area contributed by atoms with Crippen molar-refractivity contribution in [3.8, 4) is 0 Å². The second kappa shape index (κ2) is 5.60. The van der Waals surface area contributed by atoms with Crippen LogP contribution in [0.1, 0.15) is 21.1 Å². The number of rotatable bonds is 4. The molecule has 92 valence electrons. The average Bonchev–Trinajstić information content (AvgIpc) is 2.68. The van der Waals surface area contributed by atoms with Crippen molar-refractivity contribution in [1.29, 1.82) is 0 Å². The summed E-state index contributed by atoms with van der Waals surface area (Å²) in [4.78, 5) is 15.9. The minimum atomic E-state index is -0.845. The molecule has 1 N–H and O–H groups in total. The molecule has 2 aromatic rings. The summed E-state index contributed by atoms with van der Waals surface area (Å²) >= 11 is 1.51. The third-order valence-corrected chi connectivity index (χ3v) is 3.42. The Morgan fingerprint density at radius 2 is 2.06 bits per heavy atom. The van der Waals surface area contributed by atoms with Gasteiger partial charge in [0.05, 0.1) is 12.1 Å². The van der Waals surface area contributed by atoms with Crippen LogP contribution in [0.2, 0.25) is 0 Å². The van der Waals surface area contributed by atoms with E-state index in [1.54, 1.807) is 0 Å². The summed E-state index contributed by atoms with van der Waals surface area (Å²) in [5, 5.41) is 9.60. The van der Waals surface area contributed by atoms with Crippen LogP contribution in [0.25, 0.3) is 12.2 Å². The number of hydrogen-bond acceptors (Lipinski definition) is 3. The van der Waals surface area contributed by atoms with Gasteiger partial charge in [0.15, 0.2) is 0 Å². The van der Waals surface area contributed by atoms with Crippen molar-refractivity contribution in [3.05, 3.63) is 51.5 Å². The number of carboxylic acids is 1. The Bertz CT molecular complexity index is 573. The average molecular weight is 259 g/mol. The molecule has 0 amide bonds. The Hall–Kier alpha value is -1.94. The summed E-state index contributed by atoms with van der Waals surface area (Å²) in [6.45, 7) is 1.90. The van der Waals surface area contributed by atoms with Gasteiger partial charge in [-0.25, -0.2) is 4.98 Å². The quantitative estimate of drug-likeness (QED) is 0.917. The number of nitrogens with zero attached hydrogens (tertiary/aromatic N) is 1. The van der Waals surface area contributed by atoms with Crippen LogP contribution < -0.4 is 0 Å². The Morgan fingerprint density at radius 3 is 2.72 bits per heavy atom. The van der Waals surface area contributed by atoms with Crippen LogP contribution in [0.3, 0.4) is 0 Å². The molecule has 3 nitrogen and oxygen atoms in total. The topological polar surface area (TPSA) is 50.2 Å². The lowest BCUT2D eigenvalue weighted by Gasteiger charge is -1.90. The van der Waals surface area contributed by atoms with E-state index in [4.69, 9.17) is 5.11 Å². The molecule has 0 radical (unpaired) electrons. The maximum atomic E-state index is 10.7. The lowest BCUT2D eigenvalue weighted by atomic mass is 10.2. The highest BCUT2D eigenvalue weighted by Crippen LogP contribution is 2.20. The molecular weight excluding hydrogens is 246 g/mol. The maximum Gasteiger partial charge on any atom is 0.309 e. The molecule has 0 aliphatic rings. The number of aliphatic carboxylic acids is 1. The van der Waals surface area contributed by atoms with E-state index in [1.165, 1.54) is 11.3 Å². The van der Waals surface area contributed by atoms with Crippen molar-refractivity contribution in [2.75, 3.05) is 0 Å². The van der Waals surface area contributed by atoms with E-state index in [1.807, 2.05) is 49.4 Å². The molecule has 1 aromatic carbocycles. The molecule has 0 saturated carbocycles. The smallest absolute Gasteiger partial charge is 0.309 e. The van der Waals surface area contributed by atoms with Crippen LogP contribution in [0.15, 0.2) is 30.3 Å². The van der Waals surface area contributed by atoms with E-state index in [2.05, 4.69) is 4.98 Å². The van der Waals surface area contributed by atoms with Crippen LogP contribution in [0.4, 0.5) is 0 Å². The van der Waals surface area contributed by atoms with Crippen molar-refractivity contribution in [3.63, 3.8) is 0 Å². The molecular formula is C14H13NO2S. The standard InChI is InChI=1S/C14H13NO2S/c1-10-12(9-14(16)17)15-13(18-10)8-7-11-5-3-2-4-6-11/h2-8H,9H2,1H3,(H,16,17). The monoisotopic (exact) mass is 259 g/mol. The van der Waals surface area contributed by atoms with Gasteiger partial charge in [0.2, 0.25) is 0 Å². The highest BCUT2D eigenvalue weighted by atomic mass is 32.1. The highest BCUT2D eigenvalue weighted by Gasteiger charge is 2.09. The van der Waals surface area contributed by atoms with Crippen molar-refractivity contribution < 1.29 is 9.90 Å². The van der Waals surface area contributed by atoms with Crippen LogP contribution in [0.5, 0.6) is 0 Å². The van der Waals surface area contributed by atoms with Crippen molar-refractivity contribution in [2.45, 2.75) is 13.3 Å². The molecule has 4 heteroatoms. The fourth-order valence-corrected chi connectivity index (χ4v) is 2.40. The SMILES string of the molecule is Cc1sc(C=Cc2ccccc2)nc1CC(=O)O. The predicted molar refractivity (Wildman–Crippen MR) is 73.6 cm³/mol. The Morgan fingerprint density at radius 1 is 1.33 bits per heavy atom. The molecule has 0 saturated heterocycles. The van der Waals surface area contributed by atoms with Gasteiger partial charge in [-0.1, -0.05) is 36.4 Å². The Kier molecular flexibility index (Phi) is 3.89. The fraction of sp³-hybridized carbons (Fsp3) is 0.143. The van der Waals surface area contributed by atoms with Gasteiger partial charge in [-0.3, -0.25) is 4.79 Å². The molecule has 1 heterocycles. The van der Waals surface area contributed by atoms with Crippen LogP contribution in [-0.4, -0.2) is 16.1 Å². The first kappa shape index (κ1) is 12.5. The van der Waals surface area contributed by atoms with Gasteiger partial charge in [-0.2, -0.15) is 0 Å². The molecule has 2 rings (SSSR count). The summed E-state index contributed by atoms with van der Waals surface area (Å²) in [6.07, 6.45) is 3.88. The third-order valence-electron chi connectivity index (χ3n) is 2.45. The second-order valence-electron chi connectivity index (χ2n) is 3.87. The summed E-state index contributed by atoms with van der Waals surface area (Å²) in [5.74, 6) is -0.845. The number of carboxylic acid groups (broad SMARTS) is 1. The molecule has 1 aromatic heterocycles. The number of carbonyl (C=O) groups is 1. The molecule has 0 fully saturated rings. The van der Waals surface area contributed by atoms with E-state index < -0.39 is 5.97 Å². The van der Waals surface area contributed by atoms with Gasteiger partial charge in [0.25, 0.3) is 0 Å². The van der Waals surface area contributed by atoms with Crippen LogP contribution in [0, 0.1) is 6.92 Å². The zero-order chi connectivity index (χ0) is 13.0. The van der Waals surface area contributed by atoms with Crippen molar-refractivity contribution in [1.82, 2.24) is 4.98 Å². The number of aromatic nitrogens is 1. The fourth-order valence-electron chi connectivity index (χ4n) is 1.56. The molecule has 18 heavy (non-hydrogen) atoms. The molecule has 0 unspecified atom stereocenters. The maximum absolute atomic E-state index is 10.7. The van der Waals surface area contributed by atoms with Gasteiger partial charge < -0.3 is 5.11 Å². The van der Waals surface area contributed by atoms with Gasteiger partial charge in [-0.15, -0.1) is 11.3 Å². The van der Waals surface area contributed by atoms with E-state index in [-0.39, 0.29) is 6.42 Å². The lowest BCUT2D eigenvalue weighted by molar-refractivity contribution is -0.136. The number of hydrogen-bond donors (Lipinski definition) is 1. The van der Waals surface area contributed by atoms with Gasteiger partial charge in [0.1, 0.15) is 5.01 Å². The highest BCUT2D eigenvalue weighted by molar-refractivity contribution is 7.12. The van der Waals surface area contributed by atoms with E-state index in [0.29, 0.717) is 5.69 Å². The van der Waals surface area contributed by atoms with Crippen LogP contribution >= 0.6 is 11.3 Å². The molecule has 0 spiro atoms. The zero-order valence-electron chi connectivity index (χ0n) is 9.96. The van der Waals surface area contributed by atoms with Crippen molar-refractivity contribution in [2.24, 2.45) is 0 Å². The van der Waals surface area contributed by atoms with E-state index in [0.717, 1.165) is 15.4 Å². The summed E-state index contributed by atoms with van der Waals surface area (Å²) in [5.41, 5.74) is 1.75. The van der Waals surface area contributed by atoms with Gasteiger partial charge >= 0.3 is 5.97 Å². The third kappa shape index (κ3) is 3.28. The molecule has 0 bridgehead atoms. The van der Waals surface area contributed by atoms with Crippen LogP contribution in [-0.2, 0) is 11.2 Å².